The summed E-state index contributed by atoms with van der Waals surface area (Å²) in [6.07, 6.45) is 6.31. The number of hydrogen-bond acceptors (Lipinski definition) is 6. The predicted molar refractivity (Wildman–Crippen MR) is 82.2 cm³/mol. The lowest BCUT2D eigenvalue weighted by molar-refractivity contribution is 0.106. The minimum atomic E-state index is 0.581. The van der Waals surface area contributed by atoms with Gasteiger partial charge in [0.25, 0.3) is 0 Å². The fourth-order valence-electron chi connectivity index (χ4n) is 3.02. The van der Waals surface area contributed by atoms with Gasteiger partial charge >= 0.3 is 0 Å². The fourth-order valence-corrected chi connectivity index (χ4v) is 3.02. The summed E-state index contributed by atoms with van der Waals surface area (Å²) < 4.78 is 7.04. The van der Waals surface area contributed by atoms with Crippen LogP contribution in [0.1, 0.15) is 24.6 Å². The second-order valence-corrected chi connectivity index (χ2v) is 6.01. The van der Waals surface area contributed by atoms with Crippen molar-refractivity contribution in [3.63, 3.8) is 0 Å². The molecule has 0 radical (unpaired) electrons. The van der Waals surface area contributed by atoms with Crippen LogP contribution in [0.15, 0.2) is 23.0 Å². The van der Waals surface area contributed by atoms with E-state index < -0.39 is 0 Å². The molecule has 0 bridgehead atoms. The van der Waals surface area contributed by atoms with Gasteiger partial charge in [-0.05, 0) is 32.5 Å². The van der Waals surface area contributed by atoms with E-state index in [4.69, 9.17) is 4.52 Å². The van der Waals surface area contributed by atoms with E-state index in [1.807, 2.05) is 30.1 Å². The van der Waals surface area contributed by atoms with Crippen LogP contribution in [0.5, 0.6) is 0 Å². The van der Waals surface area contributed by atoms with Gasteiger partial charge in [-0.25, -0.2) is 0 Å². The zero-order valence-electron chi connectivity index (χ0n) is 13.4. The largest absolute Gasteiger partial charge is 0.340 e. The number of hydrogen-bond donors (Lipinski definition) is 0. The van der Waals surface area contributed by atoms with Crippen LogP contribution in [0.2, 0.25) is 0 Å². The normalized spacial score (nSPS) is 19.9. The van der Waals surface area contributed by atoms with Crippen LogP contribution in [0, 0.1) is 6.92 Å². The molecular formula is C15H24N6O. The van der Waals surface area contributed by atoms with Gasteiger partial charge in [-0.2, -0.15) is 10.1 Å². The molecule has 1 saturated heterocycles. The molecule has 1 fully saturated rings. The van der Waals surface area contributed by atoms with E-state index in [1.165, 1.54) is 12.8 Å². The Bertz CT molecular complexity index is 566. The van der Waals surface area contributed by atoms with Gasteiger partial charge in [-0.15, -0.1) is 0 Å². The van der Waals surface area contributed by atoms with Gasteiger partial charge in [0, 0.05) is 38.4 Å². The molecule has 22 heavy (non-hydrogen) atoms. The van der Waals surface area contributed by atoms with Crippen LogP contribution >= 0.6 is 0 Å². The van der Waals surface area contributed by atoms with Crippen LogP contribution in [0.4, 0.5) is 0 Å². The Labute approximate surface area is 130 Å². The molecule has 1 aliphatic heterocycles. The van der Waals surface area contributed by atoms with Crippen molar-refractivity contribution in [3.8, 4) is 0 Å². The van der Waals surface area contributed by atoms with E-state index in [1.54, 1.807) is 0 Å². The van der Waals surface area contributed by atoms with Gasteiger partial charge in [-0.1, -0.05) is 5.16 Å². The van der Waals surface area contributed by atoms with Crippen LogP contribution in [-0.4, -0.2) is 62.4 Å². The summed E-state index contributed by atoms with van der Waals surface area (Å²) in [5.41, 5.74) is 0. The monoisotopic (exact) mass is 304 g/mol. The smallest absolute Gasteiger partial charge is 0.223 e. The highest BCUT2D eigenvalue weighted by Gasteiger charge is 2.24. The Morgan fingerprint density at radius 2 is 2.36 bits per heavy atom. The summed E-state index contributed by atoms with van der Waals surface area (Å²) in [6.45, 7) is 6.73. The van der Waals surface area contributed by atoms with Gasteiger partial charge in [0.15, 0.2) is 5.82 Å². The first kappa shape index (κ1) is 15.2. The van der Waals surface area contributed by atoms with E-state index in [-0.39, 0.29) is 0 Å². The predicted octanol–water partition coefficient (Wildman–Crippen LogP) is 1.17. The summed E-state index contributed by atoms with van der Waals surface area (Å²) in [7, 11) is 2.20. The molecule has 0 unspecified atom stereocenters. The lowest BCUT2D eigenvalue weighted by atomic mass is 10.0. The SMILES string of the molecule is Cc1nc(CN2CCC[C@@H](N(C)CCn3cccn3)C2)no1. The van der Waals surface area contributed by atoms with Crippen molar-refractivity contribution in [2.75, 3.05) is 26.7 Å². The Morgan fingerprint density at radius 3 is 3.09 bits per heavy atom. The van der Waals surface area contributed by atoms with Crippen molar-refractivity contribution >= 4 is 0 Å². The lowest BCUT2D eigenvalue weighted by Crippen LogP contribution is -2.47. The summed E-state index contributed by atoms with van der Waals surface area (Å²) in [5.74, 6) is 1.43. The standard InChI is InChI=1S/C15H24N6O/c1-13-17-15(18-22-13)12-20-7-3-5-14(11-20)19(2)9-10-21-8-4-6-16-21/h4,6,8,14H,3,5,7,9-12H2,1-2H3/t14-/m1/s1. The minimum Gasteiger partial charge on any atom is -0.340 e. The molecule has 1 aliphatic rings. The first-order valence-corrected chi connectivity index (χ1v) is 7.90. The molecule has 0 amide bonds. The third-order valence-electron chi connectivity index (χ3n) is 4.28. The van der Waals surface area contributed by atoms with E-state index >= 15 is 0 Å². The highest BCUT2D eigenvalue weighted by molar-refractivity contribution is 4.87. The quantitative estimate of drug-likeness (QED) is 0.798. The van der Waals surface area contributed by atoms with Crippen LogP contribution in [0.3, 0.4) is 0 Å². The second-order valence-electron chi connectivity index (χ2n) is 6.01. The van der Waals surface area contributed by atoms with E-state index in [2.05, 4.69) is 32.1 Å². The molecule has 0 saturated carbocycles. The molecule has 0 aliphatic carbocycles. The molecular weight excluding hydrogens is 280 g/mol. The highest BCUT2D eigenvalue weighted by atomic mass is 16.5. The van der Waals surface area contributed by atoms with Gasteiger partial charge in [0.2, 0.25) is 5.89 Å². The number of piperidine rings is 1. The molecule has 0 spiro atoms. The molecule has 7 heteroatoms. The molecule has 120 valence electrons. The van der Waals surface area contributed by atoms with Crippen LogP contribution in [0.25, 0.3) is 0 Å². The zero-order chi connectivity index (χ0) is 15.4. The molecule has 0 aromatic carbocycles. The topological polar surface area (TPSA) is 63.2 Å². The van der Waals surface area contributed by atoms with Crippen molar-refractivity contribution in [2.24, 2.45) is 0 Å². The van der Waals surface area contributed by atoms with Crippen molar-refractivity contribution < 1.29 is 4.52 Å². The number of likely N-dealkylation sites (N-methyl/N-ethyl adjacent to an activating group) is 1. The molecule has 3 rings (SSSR count). The van der Waals surface area contributed by atoms with Gasteiger partial charge < -0.3 is 9.42 Å². The van der Waals surface area contributed by atoms with Crippen LogP contribution in [-0.2, 0) is 13.1 Å². The highest BCUT2D eigenvalue weighted by Crippen LogP contribution is 2.16. The molecule has 0 N–H and O–H groups in total. The maximum Gasteiger partial charge on any atom is 0.223 e. The molecule has 7 nitrogen and oxygen atoms in total. The number of rotatable bonds is 6. The van der Waals surface area contributed by atoms with Gasteiger partial charge in [-0.3, -0.25) is 9.58 Å². The molecule has 3 heterocycles. The van der Waals surface area contributed by atoms with E-state index in [0.29, 0.717) is 11.9 Å². The van der Waals surface area contributed by atoms with Crippen molar-refractivity contribution in [3.05, 3.63) is 30.2 Å². The van der Waals surface area contributed by atoms with Gasteiger partial charge in [0.05, 0.1) is 13.1 Å². The summed E-state index contributed by atoms with van der Waals surface area (Å²) in [5, 5.41) is 8.26. The van der Waals surface area contributed by atoms with Crippen LogP contribution < -0.4 is 0 Å². The number of likely N-dealkylation sites (tertiary alicyclic amines) is 1. The molecule has 1 atom stereocenters. The third-order valence-corrected chi connectivity index (χ3v) is 4.28. The average molecular weight is 304 g/mol. The summed E-state index contributed by atoms with van der Waals surface area (Å²) in [4.78, 5) is 9.16. The number of nitrogens with zero attached hydrogens (tertiary/aromatic N) is 6. The van der Waals surface area contributed by atoms with Crippen molar-refractivity contribution in [1.29, 1.82) is 0 Å². The average Bonchev–Trinajstić information content (AvgIpc) is 3.17. The Kier molecular flexibility index (Phi) is 4.84. The number of aryl methyl sites for hydroxylation is 1. The summed E-state index contributed by atoms with van der Waals surface area (Å²) in [6, 6.07) is 2.55. The number of aromatic nitrogens is 4. The van der Waals surface area contributed by atoms with E-state index in [0.717, 1.165) is 38.5 Å². The third kappa shape index (κ3) is 3.92. The maximum atomic E-state index is 5.05. The first-order valence-electron chi connectivity index (χ1n) is 7.90. The first-order chi connectivity index (χ1) is 10.7. The van der Waals surface area contributed by atoms with Crippen molar-refractivity contribution in [2.45, 2.75) is 38.9 Å². The van der Waals surface area contributed by atoms with Gasteiger partial charge in [0.1, 0.15) is 0 Å². The maximum absolute atomic E-state index is 5.05. The molecule has 2 aromatic rings. The van der Waals surface area contributed by atoms with E-state index in [9.17, 15) is 0 Å². The summed E-state index contributed by atoms with van der Waals surface area (Å²) >= 11 is 0. The lowest BCUT2D eigenvalue weighted by Gasteiger charge is -2.37. The fraction of sp³-hybridized carbons (Fsp3) is 0.667. The minimum absolute atomic E-state index is 0.581. The Hall–Kier alpha value is -1.73. The second kappa shape index (κ2) is 7.02. The Morgan fingerprint density at radius 1 is 1.45 bits per heavy atom. The zero-order valence-corrected chi connectivity index (χ0v) is 13.4. The molecule has 2 aromatic heterocycles. The Balaban J connectivity index is 1.49. The van der Waals surface area contributed by atoms with Crippen molar-refractivity contribution in [1.82, 2.24) is 29.7 Å².